The lowest BCUT2D eigenvalue weighted by molar-refractivity contribution is -0.139. The molecule has 0 fully saturated rings. The van der Waals surface area contributed by atoms with Crippen LogP contribution in [-0.2, 0) is 4.79 Å². The number of benzene rings is 1. The van der Waals surface area contributed by atoms with Gasteiger partial charge in [-0.25, -0.2) is 0 Å². The Hall–Kier alpha value is -1.59. The summed E-state index contributed by atoms with van der Waals surface area (Å²) in [5.74, 6) is -0.379. The van der Waals surface area contributed by atoms with Gasteiger partial charge >= 0.3 is 5.97 Å². The van der Waals surface area contributed by atoms with E-state index in [-0.39, 0.29) is 6.42 Å². The van der Waals surface area contributed by atoms with Crippen molar-refractivity contribution in [1.82, 2.24) is 0 Å². The van der Waals surface area contributed by atoms with Gasteiger partial charge in [0.15, 0.2) is 0 Å². The molecule has 0 bridgehead atoms. The van der Waals surface area contributed by atoms with Crippen LogP contribution in [0, 0.1) is 0 Å². The van der Waals surface area contributed by atoms with Crippen LogP contribution in [0.5, 0.6) is 5.75 Å². The minimum absolute atomic E-state index is 0.0352. The molecule has 0 spiro atoms. The van der Waals surface area contributed by atoms with Gasteiger partial charge in [-0.05, 0) is 18.6 Å². The molecule has 5 nitrogen and oxygen atoms in total. The van der Waals surface area contributed by atoms with Crippen LogP contribution in [-0.4, -0.2) is 34.9 Å². The number of nitrogens with two attached hydrogens (primary N) is 1. The molecule has 2 unspecified atom stereocenters. The Bertz CT molecular complexity index is 342. The van der Waals surface area contributed by atoms with E-state index in [0.717, 1.165) is 5.75 Å². The summed E-state index contributed by atoms with van der Waals surface area (Å²) in [6.45, 7) is 0.331. The highest BCUT2D eigenvalue weighted by molar-refractivity contribution is 5.73. The molecular formula is C12H17NO4. The fraction of sp³-hybridized carbons (Fsp3) is 0.417. The summed E-state index contributed by atoms with van der Waals surface area (Å²) < 4.78 is 5.37. The highest BCUT2D eigenvalue weighted by atomic mass is 16.5. The first kappa shape index (κ1) is 13.5. The van der Waals surface area contributed by atoms with Gasteiger partial charge in [0.2, 0.25) is 0 Å². The van der Waals surface area contributed by atoms with Crippen LogP contribution in [0.4, 0.5) is 0 Å². The second kappa shape index (κ2) is 6.88. The van der Waals surface area contributed by atoms with Crippen molar-refractivity contribution in [2.24, 2.45) is 5.73 Å². The predicted molar refractivity (Wildman–Crippen MR) is 62.8 cm³/mol. The number of ether oxygens (including phenoxy) is 1. The predicted octanol–water partition coefficient (Wildman–Crippen LogP) is 0.618. The minimum Gasteiger partial charge on any atom is -0.493 e. The quantitative estimate of drug-likeness (QED) is 0.648. The zero-order valence-corrected chi connectivity index (χ0v) is 9.45. The Balaban J connectivity index is 2.20. The smallest absolute Gasteiger partial charge is 0.320 e. The first-order chi connectivity index (χ1) is 8.09. The van der Waals surface area contributed by atoms with E-state index < -0.39 is 18.1 Å². The SMILES string of the molecule is NC(CC(O)CCOc1ccccc1)C(=O)O. The minimum atomic E-state index is -1.10. The van der Waals surface area contributed by atoms with Crippen molar-refractivity contribution in [3.8, 4) is 5.75 Å². The molecule has 0 saturated heterocycles. The molecule has 0 aliphatic carbocycles. The lowest BCUT2D eigenvalue weighted by Gasteiger charge is -2.13. The maximum atomic E-state index is 10.5. The molecule has 0 radical (unpaired) electrons. The second-order valence-electron chi connectivity index (χ2n) is 3.78. The van der Waals surface area contributed by atoms with E-state index >= 15 is 0 Å². The average Bonchev–Trinajstić information content (AvgIpc) is 2.30. The van der Waals surface area contributed by atoms with Gasteiger partial charge in [0.25, 0.3) is 0 Å². The number of carboxylic acid groups (broad SMARTS) is 1. The molecule has 1 aromatic rings. The third-order valence-corrected chi connectivity index (χ3v) is 2.31. The normalized spacial score (nSPS) is 14.0. The second-order valence-corrected chi connectivity index (χ2v) is 3.78. The standard InChI is InChI=1S/C12H17NO4/c13-11(12(15)16)8-9(14)6-7-17-10-4-2-1-3-5-10/h1-5,9,11,14H,6-8,13H2,(H,15,16). The number of aliphatic hydroxyl groups excluding tert-OH is 1. The molecule has 0 saturated carbocycles. The van der Waals surface area contributed by atoms with Crippen LogP contribution in [0.2, 0.25) is 0 Å². The summed E-state index contributed by atoms with van der Waals surface area (Å²) in [5, 5.41) is 18.1. The molecule has 94 valence electrons. The van der Waals surface area contributed by atoms with Crippen molar-refractivity contribution >= 4 is 5.97 Å². The maximum absolute atomic E-state index is 10.5. The summed E-state index contributed by atoms with van der Waals surface area (Å²) in [4.78, 5) is 10.5. The Morgan fingerprint density at radius 3 is 2.59 bits per heavy atom. The van der Waals surface area contributed by atoms with Crippen LogP contribution >= 0.6 is 0 Å². The summed E-state index contributed by atoms with van der Waals surface area (Å²) in [6, 6.07) is 8.19. The number of hydrogen-bond acceptors (Lipinski definition) is 4. The fourth-order valence-electron chi connectivity index (χ4n) is 1.34. The number of aliphatic carboxylic acids is 1. The molecule has 0 heterocycles. The van der Waals surface area contributed by atoms with E-state index in [1.165, 1.54) is 0 Å². The first-order valence-corrected chi connectivity index (χ1v) is 5.44. The molecule has 0 aliphatic rings. The molecule has 1 aromatic carbocycles. The molecule has 0 aromatic heterocycles. The summed E-state index contributed by atoms with van der Waals surface area (Å²) in [5.41, 5.74) is 5.30. The Morgan fingerprint density at radius 1 is 1.35 bits per heavy atom. The van der Waals surface area contributed by atoms with Gasteiger partial charge in [-0.15, -0.1) is 0 Å². The number of carbonyl (C=O) groups is 1. The molecule has 5 heteroatoms. The van der Waals surface area contributed by atoms with Crippen molar-refractivity contribution in [3.63, 3.8) is 0 Å². The van der Waals surface area contributed by atoms with E-state index in [0.29, 0.717) is 13.0 Å². The molecule has 1 rings (SSSR count). The number of para-hydroxylation sites is 1. The van der Waals surface area contributed by atoms with Gasteiger partial charge in [0.05, 0.1) is 12.7 Å². The van der Waals surface area contributed by atoms with Gasteiger partial charge in [0.1, 0.15) is 11.8 Å². The van der Waals surface area contributed by atoms with E-state index in [9.17, 15) is 9.90 Å². The average molecular weight is 239 g/mol. The Morgan fingerprint density at radius 2 is 2.00 bits per heavy atom. The van der Waals surface area contributed by atoms with Crippen molar-refractivity contribution in [3.05, 3.63) is 30.3 Å². The number of rotatable bonds is 7. The van der Waals surface area contributed by atoms with E-state index in [1.807, 2.05) is 30.3 Å². The van der Waals surface area contributed by atoms with Gasteiger partial charge < -0.3 is 20.7 Å². The van der Waals surface area contributed by atoms with Crippen molar-refractivity contribution < 1.29 is 19.7 Å². The molecule has 2 atom stereocenters. The molecule has 0 amide bonds. The topological polar surface area (TPSA) is 92.8 Å². The highest BCUT2D eigenvalue weighted by Crippen LogP contribution is 2.09. The summed E-state index contributed by atoms with van der Waals surface area (Å²) in [6.07, 6.45) is -0.367. The monoisotopic (exact) mass is 239 g/mol. The van der Waals surface area contributed by atoms with E-state index in [1.54, 1.807) is 0 Å². The van der Waals surface area contributed by atoms with Crippen LogP contribution < -0.4 is 10.5 Å². The van der Waals surface area contributed by atoms with Crippen LogP contribution in [0.25, 0.3) is 0 Å². The van der Waals surface area contributed by atoms with Gasteiger partial charge in [0, 0.05) is 6.42 Å². The summed E-state index contributed by atoms with van der Waals surface area (Å²) in [7, 11) is 0. The maximum Gasteiger partial charge on any atom is 0.320 e. The number of aliphatic hydroxyl groups is 1. The lowest BCUT2D eigenvalue weighted by Crippen LogP contribution is -2.34. The van der Waals surface area contributed by atoms with E-state index in [4.69, 9.17) is 15.6 Å². The van der Waals surface area contributed by atoms with Crippen molar-refractivity contribution in [2.75, 3.05) is 6.61 Å². The van der Waals surface area contributed by atoms with Gasteiger partial charge in [-0.3, -0.25) is 4.79 Å². The lowest BCUT2D eigenvalue weighted by atomic mass is 10.1. The number of hydrogen-bond donors (Lipinski definition) is 3. The first-order valence-electron chi connectivity index (χ1n) is 5.44. The number of carboxylic acids is 1. The third-order valence-electron chi connectivity index (χ3n) is 2.31. The molecule has 17 heavy (non-hydrogen) atoms. The highest BCUT2D eigenvalue weighted by Gasteiger charge is 2.16. The van der Waals surface area contributed by atoms with Crippen LogP contribution in [0.1, 0.15) is 12.8 Å². The Kier molecular flexibility index (Phi) is 5.45. The largest absolute Gasteiger partial charge is 0.493 e. The van der Waals surface area contributed by atoms with Crippen molar-refractivity contribution in [2.45, 2.75) is 25.0 Å². The van der Waals surface area contributed by atoms with Crippen LogP contribution in [0.3, 0.4) is 0 Å². The van der Waals surface area contributed by atoms with E-state index in [2.05, 4.69) is 0 Å². The Labute approximate surface area is 99.8 Å². The summed E-state index contributed by atoms with van der Waals surface area (Å²) >= 11 is 0. The van der Waals surface area contributed by atoms with Gasteiger partial charge in [-0.2, -0.15) is 0 Å². The fourth-order valence-corrected chi connectivity index (χ4v) is 1.34. The molecular weight excluding hydrogens is 222 g/mol. The molecule has 4 N–H and O–H groups in total. The zero-order chi connectivity index (χ0) is 12.7. The molecule has 0 aliphatic heterocycles. The van der Waals surface area contributed by atoms with Crippen molar-refractivity contribution in [1.29, 1.82) is 0 Å². The third kappa shape index (κ3) is 5.33. The zero-order valence-electron chi connectivity index (χ0n) is 9.45. The van der Waals surface area contributed by atoms with Crippen LogP contribution in [0.15, 0.2) is 30.3 Å². The van der Waals surface area contributed by atoms with Gasteiger partial charge in [-0.1, -0.05) is 18.2 Å².